The summed E-state index contributed by atoms with van der Waals surface area (Å²) < 4.78 is 54.2. The van der Waals surface area contributed by atoms with Gasteiger partial charge < -0.3 is 5.11 Å². The van der Waals surface area contributed by atoms with E-state index in [1.54, 1.807) is 13.8 Å². The average molecular weight is 348 g/mol. The first-order valence-electron chi connectivity index (χ1n) is 7.03. The maximum absolute atomic E-state index is 13.1. The van der Waals surface area contributed by atoms with Gasteiger partial charge in [0.2, 0.25) is 0 Å². The molecule has 0 aromatic heterocycles. The van der Waals surface area contributed by atoms with E-state index in [4.69, 9.17) is 5.11 Å². The molecule has 1 fully saturated rings. The second-order valence-corrected chi connectivity index (χ2v) is 7.25. The Kier molecular flexibility index (Phi) is 4.63. The Morgan fingerprint density at radius 3 is 2.30 bits per heavy atom. The molecule has 1 saturated heterocycles. The molecule has 0 amide bonds. The molecule has 1 aliphatic rings. The molecular weight excluding hydrogens is 330 g/mol. The molecule has 6 nitrogen and oxygen atoms in total. The van der Waals surface area contributed by atoms with Crippen LogP contribution in [0.5, 0.6) is 0 Å². The van der Waals surface area contributed by atoms with Crippen LogP contribution in [0.2, 0.25) is 0 Å². The highest BCUT2D eigenvalue weighted by molar-refractivity contribution is 7.90. The number of hydrogen-bond donors (Lipinski definition) is 2. The number of alkyl halides is 2. The molecule has 1 aromatic carbocycles. The summed E-state index contributed by atoms with van der Waals surface area (Å²) in [5, 5.41) is 9.05. The summed E-state index contributed by atoms with van der Waals surface area (Å²) in [7, 11) is -3.96. The zero-order valence-electron chi connectivity index (χ0n) is 12.8. The number of hydrogen-bond acceptors (Lipinski definition) is 3. The topological polar surface area (TPSA) is 86.7 Å². The van der Waals surface area contributed by atoms with Crippen molar-refractivity contribution in [2.45, 2.75) is 32.6 Å². The molecule has 23 heavy (non-hydrogen) atoms. The van der Waals surface area contributed by atoms with Crippen molar-refractivity contribution in [3.05, 3.63) is 28.8 Å². The van der Waals surface area contributed by atoms with Crippen molar-refractivity contribution in [1.82, 2.24) is 4.31 Å². The zero-order chi connectivity index (χ0) is 17.4. The minimum Gasteiger partial charge on any atom is -0.478 e. The quantitative estimate of drug-likeness (QED) is 0.875. The third-order valence-corrected chi connectivity index (χ3v) is 5.57. The van der Waals surface area contributed by atoms with Crippen LogP contribution in [0.3, 0.4) is 0 Å². The molecule has 0 saturated carbocycles. The predicted octanol–water partition coefficient (Wildman–Crippen LogP) is 2.39. The number of piperidine rings is 1. The van der Waals surface area contributed by atoms with E-state index < -0.39 is 34.9 Å². The maximum atomic E-state index is 13.1. The second-order valence-electron chi connectivity index (χ2n) is 5.58. The Hall–Kier alpha value is -1.74. The van der Waals surface area contributed by atoms with Gasteiger partial charge in [-0.25, -0.2) is 13.6 Å². The van der Waals surface area contributed by atoms with Crippen molar-refractivity contribution in [3.8, 4) is 0 Å². The molecule has 0 aliphatic carbocycles. The zero-order valence-corrected chi connectivity index (χ0v) is 13.6. The standard InChI is InChI=1S/C14H18F2N2O4S/c1-9-10(2)12(4-3-11(9)13(19)20)17-23(21,22)18-7-5-14(15,16)6-8-18/h3-4,17H,5-8H2,1-2H3,(H,19,20). The molecule has 1 aliphatic heterocycles. The van der Waals surface area contributed by atoms with E-state index in [2.05, 4.69) is 4.72 Å². The second kappa shape index (κ2) is 6.04. The highest BCUT2D eigenvalue weighted by Gasteiger charge is 2.38. The molecule has 1 heterocycles. The lowest BCUT2D eigenvalue weighted by Gasteiger charge is -2.31. The van der Waals surface area contributed by atoms with Crippen molar-refractivity contribution in [1.29, 1.82) is 0 Å². The number of nitrogens with one attached hydrogen (secondary N) is 1. The molecule has 2 N–H and O–H groups in total. The minimum absolute atomic E-state index is 0.0862. The third-order valence-electron chi connectivity index (χ3n) is 4.05. The monoisotopic (exact) mass is 348 g/mol. The fraction of sp³-hybridized carbons (Fsp3) is 0.500. The van der Waals surface area contributed by atoms with Gasteiger partial charge in [-0.05, 0) is 37.1 Å². The van der Waals surface area contributed by atoms with Gasteiger partial charge in [-0.2, -0.15) is 12.7 Å². The minimum atomic E-state index is -3.96. The first-order valence-corrected chi connectivity index (χ1v) is 8.47. The van der Waals surface area contributed by atoms with Crippen LogP contribution >= 0.6 is 0 Å². The summed E-state index contributed by atoms with van der Waals surface area (Å²) in [4.78, 5) is 11.1. The van der Waals surface area contributed by atoms with E-state index in [1.807, 2.05) is 0 Å². The van der Waals surface area contributed by atoms with Crippen LogP contribution in [0.4, 0.5) is 14.5 Å². The van der Waals surface area contributed by atoms with E-state index in [1.165, 1.54) is 12.1 Å². The van der Waals surface area contributed by atoms with Gasteiger partial charge in [-0.3, -0.25) is 4.72 Å². The van der Waals surface area contributed by atoms with Crippen LogP contribution in [0.1, 0.15) is 34.3 Å². The molecule has 0 radical (unpaired) electrons. The van der Waals surface area contributed by atoms with Crippen molar-refractivity contribution in [2.75, 3.05) is 17.8 Å². The van der Waals surface area contributed by atoms with Crippen LogP contribution in [-0.2, 0) is 10.2 Å². The van der Waals surface area contributed by atoms with E-state index in [9.17, 15) is 22.0 Å². The third kappa shape index (κ3) is 3.78. The number of carboxylic acids is 1. The SMILES string of the molecule is Cc1c(NS(=O)(=O)N2CCC(F)(F)CC2)ccc(C(=O)O)c1C. The molecule has 9 heteroatoms. The number of carbonyl (C=O) groups is 1. The summed E-state index contributed by atoms with van der Waals surface area (Å²) in [6, 6.07) is 2.68. The normalized spacial score (nSPS) is 18.6. The average Bonchev–Trinajstić information content (AvgIpc) is 2.43. The lowest BCUT2D eigenvalue weighted by Crippen LogP contribution is -2.45. The Bertz CT molecular complexity index is 725. The van der Waals surface area contributed by atoms with Gasteiger partial charge in [0.05, 0.1) is 11.3 Å². The van der Waals surface area contributed by atoms with Gasteiger partial charge in [0, 0.05) is 25.9 Å². The molecule has 0 spiro atoms. The number of anilines is 1. The number of nitrogens with zero attached hydrogens (tertiary/aromatic N) is 1. The summed E-state index contributed by atoms with van der Waals surface area (Å²) in [6.45, 7) is 2.67. The van der Waals surface area contributed by atoms with Crippen LogP contribution in [-0.4, -0.2) is 42.8 Å². The number of rotatable bonds is 4. The van der Waals surface area contributed by atoms with Crippen LogP contribution < -0.4 is 4.72 Å². The lowest BCUT2D eigenvalue weighted by atomic mass is 10.0. The van der Waals surface area contributed by atoms with Crippen molar-refractivity contribution >= 4 is 21.9 Å². The van der Waals surface area contributed by atoms with Gasteiger partial charge in [0.15, 0.2) is 0 Å². The predicted molar refractivity (Wildman–Crippen MR) is 81.2 cm³/mol. The molecule has 2 rings (SSSR count). The van der Waals surface area contributed by atoms with Crippen LogP contribution in [0.25, 0.3) is 0 Å². The molecule has 0 atom stereocenters. The van der Waals surface area contributed by atoms with Crippen LogP contribution in [0.15, 0.2) is 12.1 Å². The molecule has 0 bridgehead atoms. The lowest BCUT2D eigenvalue weighted by molar-refractivity contribution is -0.0411. The molecule has 128 valence electrons. The number of halogens is 2. The smallest absolute Gasteiger partial charge is 0.335 e. The fourth-order valence-electron chi connectivity index (χ4n) is 2.42. The summed E-state index contributed by atoms with van der Waals surface area (Å²) in [6.07, 6.45) is -1.02. The highest BCUT2D eigenvalue weighted by atomic mass is 32.2. The van der Waals surface area contributed by atoms with Crippen molar-refractivity contribution in [3.63, 3.8) is 0 Å². The first kappa shape index (κ1) is 17.6. The maximum Gasteiger partial charge on any atom is 0.335 e. The molecular formula is C14H18F2N2O4S. The number of aromatic carboxylic acids is 1. The first-order chi connectivity index (χ1) is 10.5. The van der Waals surface area contributed by atoms with Gasteiger partial charge in [-0.1, -0.05) is 0 Å². The van der Waals surface area contributed by atoms with E-state index in [0.717, 1.165) is 4.31 Å². The molecule has 1 aromatic rings. The number of carboxylic acid groups (broad SMARTS) is 1. The summed E-state index contributed by atoms with van der Waals surface area (Å²) in [5.74, 6) is -3.93. The van der Waals surface area contributed by atoms with E-state index in [0.29, 0.717) is 11.1 Å². The summed E-state index contributed by atoms with van der Waals surface area (Å²) in [5.41, 5.74) is 1.26. The largest absolute Gasteiger partial charge is 0.478 e. The Morgan fingerprint density at radius 2 is 1.78 bits per heavy atom. The van der Waals surface area contributed by atoms with Crippen molar-refractivity contribution in [2.24, 2.45) is 0 Å². The van der Waals surface area contributed by atoms with Gasteiger partial charge in [0.1, 0.15) is 0 Å². The molecule has 0 unspecified atom stereocenters. The Labute approximate surface area is 133 Å². The van der Waals surface area contributed by atoms with Gasteiger partial charge >= 0.3 is 16.2 Å². The Morgan fingerprint density at radius 1 is 1.22 bits per heavy atom. The highest BCUT2D eigenvalue weighted by Crippen LogP contribution is 2.30. The number of benzene rings is 1. The van der Waals surface area contributed by atoms with Crippen LogP contribution in [0, 0.1) is 13.8 Å². The van der Waals surface area contributed by atoms with E-state index in [-0.39, 0.29) is 24.3 Å². The summed E-state index contributed by atoms with van der Waals surface area (Å²) >= 11 is 0. The fourth-order valence-corrected chi connectivity index (χ4v) is 3.71. The Balaban J connectivity index is 2.22. The van der Waals surface area contributed by atoms with Gasteiger partial charge in [0.25, 0.3) is 5.92 Å². The van der Waals surface area contributed by atoms with E-state index >= 15 is 0 Å². The van der Waals surface area contributed by atoms with Gasteiger partial charge in [-0.15, -0.1) is 0 Å². The van der Waals surface area contributed by atoms with Crippen molar-refractivity contribution < 1.29 is 27.1 Å².